The van der Waals surface area contributed by atoms with Gasteiger partial charge in [0.25, 0.3) is 10.4 Å². The number of alkyl halides is 1. The molecule has 0 aliphatic carbocycles. The van der Waals surface area contributed by atoms with Crippen LogP contribution >= 0.6 is 34.3 Å². The summed E-state index contributed by atoms with van der Waals surface area (Å²) in [5, 5.41) is 35.6. The zero-order valence-electron chi connectivity index (χ0n) is 42.2. The number of nitriles is 2. The number of hydrogen-bond donors (Lipinski definition) is 3. The average molecular weight is 1140 g/mol. The third-order valence-corrected chi connectivity index (χ3v) is 15.9. The van der Waals surface area contributed by atoms with E-state index in [1.807, 2.05) is 77.5 Å². The molecule has 10 rings (SSSR count). The first kappa shape index (κ1) is 56.1. The molecule has 23 heteroatoms. The smallest absolute Gasteiger partial charge is 0.278 e. The molecule has 0 spiro atoms. The summed E-state index contributed by atoms with van der Waals surface area (Å²) in [6.07, 6.45) is 8.05. The molecule has 18 nitrogen and oxygen atoms in total. The summed E-state index contributed by atoms with van der Waals surface area (Å²) in [5.41, 5.74) is 5.05. The Kier molecular flexibility index (Phi) is 21.0. The molecule has 3 N–H and O–H groups in total. The predicted molar refractivity (Wildman–Crippen MR) is 306 cm³/mol. The van der Waals surface area contributed by atoms with Gasteiger partial charge in [-0.05, 0) is 73.5 Å². The molecule has 4 aromatic heterocycles. The Labute approximate surface area is 464 Å². The van der Waals surface area contributed by atoms with Gasteiger partial charge in [-0.15, -0.1) is 11.6 Å². The van der Waals surface area contributed by atoms with Gasteiger partial charge in [-0.2, -0.15) is 10.5 Å². The molecular formula is C54H55ClN10O8S4. The Morgan fingerprint density at radius 3 is 1.52 bits per heavy atom. The quantitative estimate of drug-likeness (QED) is 0.0505. The number of fused-ring (bicyclic) bond motifs is 2. The third-order valence-electron chi connectivity index (χ3n) is 11.7. The fraction of sp³-hybridized carbons (Fsp3) is 0.296. The summed E-state index contributed by atoms with van der Waals surface area (Å²) in [6, 6.07) is 26.6. The van der Waals surface area contributed by atoms with Gasteiger partial charge < -0.3 is 49.3 Å². The zero-order valence-corrected chi connectivity index (χ0v) is 46.2. The van der Waals surface area contributed by atoms with E-state index in [0.717, 1.165) is 90.7 Å². The number of anilines is 4. The number of aromatic nitrogens is 4. The highest BCUT2D eigenvalue weighted by Gasteiger charge is 2.18. The number of benzene rings is 4. The van der Waals surface area contributed by atoms with Crippen LogP contribution in [-0.2, 0) is 21.6 Å². The van der Waals surface area contributed by atoms with Crippen LogP contribution in [0.25, 0.3) is 21.8 Å². The minimum Gasteiger partial charge on any atom is -0.493 e. The minimum atomic E-state index is -0.670. The Morgan fingerprint density at radius 2 is 1.12 bits per heavy atom. The van der Waals surface area contributed by atoms with E-state index in [1.165, 1.54) is 22.7 Å². The second kappa shape index (κ2) is 28.8. The molecule has 2 aliphatic heterocycles. The fourth-order valence-electron chi connectivity index (χ4n) is 7.81. The maximum Gasteiger partial charge on any atom is 0.278 e. The number of methoxy groups -OCH3 is 2. The molecule has 2 saturated heterocycles. The van der Waals surface area contributed by atoms with Gasteiger partial charge in [0.15, 0.2) is 23.0 Å². The number of nitrogens with one attached hydrogen (secondary N) is 3. The summed E-state index contributed by atoms with van der Waals surface area (Å²) in [4.78, 5) is 19.5. The van der Waals surface area contributed by atoms with Gasteiger partial charge in [0.2, 0.25) is 0 Å². The van der Waals surface area contributed by atoms with Crippen LogP contribution in [0.5, 0.6) is 44.9 Å². The predicted octanol–water partition coefficient (Wildman–Crippen LogP) is 10.4. The van der Waals surface area contributed by atoms with E-state index in [2.05, 4.69) is 52.9 Å². The molecule has 4 aromatic carbocycles. The zero-order chi connectivity index (χ0) is 53.8. The van der Waals surface area contributed by atoms with E-state index in [9.17, 15) is 18.9 Å². The van der Waals surface area contributed by atoms with Crippen LogP contribution in [-0.4, -0.2) is 122 Å². The normalized spacial score (nSPS) is 13.7. The van der Waals surface area contributed by atoms with Crippen LogP contribution in [0.1, 0.15) is 24.0 Å². The first-order valence-electron chi connectivity index (χ1n) is 24.4. The molecule has 0 atom stereocenters. The van der Waals surface area contributed by atoms with E-state index >= 15 is 0 Å². The minimum absolute atomic E-state index is 0.415. The Bertz CT molecular complexity index is 3310. The summed E-state index contributed by atoms with van der Waals surface area (Å²) in [6.45, 7) is 5.51. The van der Waals surface area contributed by atoms with Crippen molar-refractivity contribution in [2.45, 2.75) is 12.8 Å². The monoisotopic (exact) mass is 1130 g/mol. The van der Waals surface area contributed by atoms with Gasteiger partial charge in [0, 0.05) is 153 Å². The van der Waals surface area contributed by atoms with Crippen molar-refractivity contribution in [1.82, 2.24) is 30.2 Å². The van der Waals surface area contributed by atoms with Crippen LogP contribution in [0.3, 0.4) is 0 Å². The highest BCUT2D eigenvalue weighted by Crippen LogP contribution is 2.39. The molecule has 0 saturated carbocycles. The topological polar surface area (TPSA) is 228 Å². The fourth-order valence-corrected chi connectivity index (χ4v) is 11.0. The van der Waals surface area contributed by atoms with Crippen LogP contribution in [0, 0.1) is 22.7 Å². The molecular weight excluding hydrogens is 1080 g/mol. The van der Waals surface area contributed by atoms with E-state index in [-0.39, 0.29) is 0 Å². The van der Waals surface area contributed by atoms with Crippen LogP contribution in [0.2, 0.25) is 0 Å². The van der Waals surface area contributed by atoms with Gasteiger partial charge in [-0.25, -0.2) is 9.97 Å². The van der Waals surface area contributed by atoms with Crippen molar-refractivity contribution in [1.29, 1.82) is 10.5 Å². The van der Waals surface area contributed by atoms with E-state index in [1.54, 1.807) is 45.1 Å². The third kappa shape index (κ3) is 16.0. The molecule has 0 radical (unpaired) electrons. The molecule has 0 unspecified atom stereocenters. The number of ether oxygens (including phenoxy) is 6. The molecule has 77 heavy (non-hydrogen) atoms. The molecule has 400 valence electrons. The van der Waals surface area contributed by atoms with Crippen molar-refractivity contribution < 1.29 is 36.8 Å². The van der Waals surface area contributed by atoms with E-state index < -0.39 is 21.6 Å². The number of thiazole rings is 2. The summed E-state index contributed by atoms with van der Waals surface area (Å²) in [7, 11) is 2.00. The van der Waals surface area contributed by atoms with Crippen LogP contribution < -0.4 is 44.4 Å². The van der Waals surface area contributed by atoms with E-state index in [0.29, 0.717) is 97.5 Å². The van der Waals surface area contributed by atoms with Crippen molar-refractivity contribution in [2.24, 2.45) is 0 Å². The molecule has 2 fully saturated rings. The first-order valence-corrected chi connectivity index (χ1v) is 29.7. The van der Waals surface area contributed by atoms with Gasteiger partial charge >= 0.3 is 0 Å². The highest BCUT2D eigenvalue weighted by atomic mass is 35.5. The van der Waals surface area contributed by atoms with Crippen molar-refractivity contribution in [3.8, 4) is 57.0 Å². The van der Waals surface area contributed by atoms with E-state index in [4.69, 9.17) is 40.0 Å². The highest BCUT2D eigenvalue weighted by molar-refractivity contribution is 7.85. The van der Waals surface area contributed by atoms with Gasteiger partial charge in [-0.1, -0.05) is 22.7 Å². The lowest BCUT2D eigenvalue weighted by molar-refractivity contribution is 0.241. The number of rotatable bonds is 19. The second-order valence-corrected chi connectivity index (χ2v) is 22.3. The summed E-state index contributed by atoms with van der Waals surface area (Å²) >= 11 is 8.58. The average Bonchev–Trinajstić information content (AvgIpc) is 4.22. The molecule has 2 aliphatic rings. The van der Waals surface area contributed by atoms with Crippen molar-refractivity contribution in [2.75, 3.05) is 99.7 Å². The van der Waals surface area contributed by atoms with Crippen molar-refractivity contribution in [3.05, 3.63) is 119 Å². The summed E-state index contributed by atoms with van der Waals surface area (Å²) < 4.78 is 56.5. The molecule has 0 bridgehead atoms. The maximum atomic E-state index is 11.5. The van der Waals surface area contributed by atoms with Gasteiger partial charge in [-0.3, -0.25) is 18.4 Å². The van der Waals surface area contributed by atoms with Gasteiger partial charge in [0.1, 0.15) is 23.6 Å². The maximum absolute atomic E-state index is 11.5. The number of nitrogens with zero attached hydrogens (tertiary/aromatic N) is 7. The Balaban J connectivity index is 0.000000182. The lowest BCUT2D eigenvalue weighted by Gasteiger charge is -2.25. The number of pyridine rings is 2. The van der Waals surface area contributed by atoms with Crippen molar-refractivity contribution in [3.63, 3.8) is 0 Å². The van der Waals surface area contributed by atoms with Gasteiger partial charge in [0.05, 0.1) is 61.0 Å². The lowest BCUT2D eigenvalue weighted by atomic mass is 10.1. The standard InChI is InChI=1S/C27H27N5O4S2.C23H19ClN4O3S.C4H9NOS/c1-34-24-15-22-23(16-25(24)35-11-2-8-32-9-13-38(33)14-10-32)30-18-19(17-28)26(22)31-20-3-5-21(6-4-20)36-27-29-7-12-37-27;1-29-20-11-18-19(12-21(20)30-9-2-7-24)27-14-15(13-25)22(18)28-16-3-5-17(6-4-16)31-23-26-8-10-32-23;6-7-3-1-5-2-4-7/h3-7,12,15-16,18H,2,8-11,13-14H2,1H3,(H,30,31);3-6,8,10-12,14H,2,7,9H2,1H3,(H,27,28);5H,1-4H2. The molecule has 8 aromatic rings. The Hall–Kier alpha value is -7.15. The number of halogens is 1. The lowest BCUT2D eigenvalue weighted by Crippen LogP contribution is -2.38. The van der Waals surface area contributed by atoms with Crippen LogP contribution in [0.15, 0.2) is 108 Å². The van der Waals surface area contributed by atoms with Crippen molar-refractivity contribution >= 4 is 100 Å². The SMILES string of the molecule is COc1cc2c(Nc3ccc(Oc4nccs4)cc3)c(C#N)cnc2cc1OCCCCl.COc1cc2c(Nc3ccc(Oc4nccs4)cc3)c(C#N)cnc2cc1OCCCN1CCS(=O)CC1.O=S1CCNCC1. The Morgan fingerprint density at radius 1 is 0.649 bits per heavy atom. The number of hydrogen-bond acceptors (Lipinski definition) is 20. The first-order chi connectivity index (χ1) is 37.7. The molecule has 0 amide bonds. The molecule has 6 heterocycles. The van der Waals surface area contributed by atoms with Crippen LogP contribution in [0.4, 0.5) is 22.7 Å². The second-order valence-electron chi connectivity index (χ2n) is 16.8. The summed E-state index contributed by atoms with van der Waals surface area (Å²) in [5.74, 6) is 7.35. The largest absolute Gasteiger partial charge is 0.493 e.